The number of nitrogens with zero attached hydrogens (tertiary/aromatic N) is 2. The maximum Gasteiger partial charge on any atom is 0.409 e. The highest BCUT2D eigenvalue weighted by molar-refractivity contribution is 5.67. The van der Waals surface area contributed by atoms with Gasteiger partial charge < -0.3 is 14.7 Å². The van der Waals surface area contributed by atoms with E-state index >= 15 is 0 Å². The van der Waals surface area contributed by atoms with E-state index in [0.29, 0.717) is 26.1 Å². The van der Waals surface area contributed by atoms with Gasteiger partial charge in [0.25, 0.3) is 0 Å². The lowest BCUT2D eigenvalue weighted by molar-refractivity contribution is 0.0725. The smallest absolute Gasteiger partial charge is 0.409 e. The summed E-state index contributed by atoms with van der Waals surface area (Å²) in [4.78, 5) is 15.7. The lowest BCUT2D eigenvalue weighted by atomic mass is 10.0. The second-order valence-electron chi connectivity index (χ2n) is 6.18. The summed E-state index contributed by atoms with van der Waals surface area (Å²) in [5.41, 5.74) is 3.44. The molecule has 1 aromatic carbocycles. The van der Waals surface area contributed by atoms with Crippen LogP contribution in [0.1, 0.15) is 36.1 Å². The number of aliphatic hydroxyl groups excluding tert-OH is 1. The van der Waals surface area contributed by atoms with Crippen molar-refractivity contribution in [1.29, 1.82) is 0 Å². The number of piperazine rings is 1. The van der Waals surface area contributed by atoms with Crippen molar-refractivity contribution in [2.45, 2.75) is 33.3 Å². The number of hydrogen-bond acceptors (Lipinski definition) is 4. The predicted octanol–water partition coefficient (Wildman–Crippen LogP) is 2.50. The molecule has 0 aromatic heterocycles. The largest absolute Gasteiger partial charge is 0.450 e. The molecule has 0 bridgehead atoms. The highest BCUT2D eigenvalue weighted by Crippen LogP contribution is 2.20. The lowest BCUT2D eigenvalue weighted by Crippen LogP contribution is -2.49. The minimum absolute atomic E-state index is 0.220. The molecule has 1 aliphatic rings. The topological polar surface area (TPSA) is 53.0 Å². The molecule has 1 amide bonds. The number of carbonyl (C=O) groups excluding carboxylic acids is 1. The third kappa shape index (κ3) is 4.94. The molecule has 5 nitrogen and oxygen atoms in total. The van der Waals surface area contributed by atoms with E-state index in [1.54, 1.807) is 4.90 Å². The van der Waals surface area contributed by atoms with E-state index in [1.807, 2.05) is 13.0 Å². The van der Waals surface area contributed by atoms with Gasteiger partial charge in [-0.3, -0.25) is 4.90 Å². The molecule has 1 saturated heterocycles. The minimum atomic E-state index is -0.433. The maximum absolute atomic E-state index is 11.7. The van der Waals surface area contributed by atoms with Crippen molar-refractivity contribution in [2.24, 2.45) is 0 Å². The molecule has 0 saturated carbocycles. The standard InChI is InChI=1S/C18H28N2O3/c1-4-23-18(22)20-11-9-19(10-12-20)8-7-17(21)16-6-5-14(2)15(3)13-16/h5-6,13,17,21H,4,7-12H2,1-3H3. The molecule has 1 heterocycles. The van der Waals surface area contributed by atoms with Gasteiger partial charge in [0.15, 0.2) is 0 Å². The fourth-order valence-electron chi connectivity index (χ4n) is 2.81. The molecule has 1 aliphatic heterocycles. The molecule has 1 aromatic rings. The molecule has 1 fully saturated rings. The van der Waals surface area contributed by atoms with E-state index in [0.717, 1.165) is 25.2 Å². The molecule has 23 heavy (non-hydrogen) atoms. The molecule has 0 aliphatic carbocycles. The van der Waals surface area contributed by atoms with Gasteiger partial charge in [-0.05, 0) is 43.9 Å². The van der Waals surface area contributed by atoms with Gasteiger partial charge in [-0.2, -0.15) is 0 Å². The molecule has 0 spiro atoms. The lowest BCUT2D eigenvalue weighted by Gasteiger charge is -2.34. The van der Waals surface area contributed by atoms with Crippen LogP contribution in [0.3, 0.4) is 0 Å². The molecular formula is C18H28N2O3. The Morgan fingerprint density at radius 2 is 1.91 bits per heavy atom. The summed E-state index contributed by atoms with van der Waals surface area (Å²) in [6.07, 6.45) is 0.0572. The fourth-order valence-corrected chi connectivity index (χ4v) is 2.81. The number of aryl methyl sites for hydroxylation is 2. The van der Waals surface area contributed by atoms with Crippen LogP contribution < -0.4 is 0 Å². The van der Waals surface area contributed by atoms with Crippen LogP contribution in [0.25, 0.3) is 0 Å². The zero-order chi connectivity index (χ0) is 16.8. The van der Waals surface area contributed by atoms with Crippen molar-refractivity contribution in [3.63, 3.8) is 0 Å². The third-order valence-electron chi connectivity index (χ3n) is 4.53. The number of amides is 1. The van der Waals surface area contributed by atoms with Crippen LogP contribution in [0.2, 0.25) is 0 Å². The SMILES string of the molecule is CCOC(=O)N1CCN(CCC(O)c2ccc(C)c(C)c2)CC1. The van der Waals surface area contributed by atoms with E-state index in [1.165, 1.54) is 11.1 Å². The molecule has 128 valence electrons. The van der Waals surface area contributed by atoms with Crippen molar-refractivity contribution < 1.29 is 14.6 Å². The first-order valence-corrected chi connectivity index (χ1v) is 8.40. The van der Waals surface area contributed by atoms with E-state index in [4.69, 9.17) is 4.74 Å². The van der Waals surface area contributed by atoms with Crippen molar-refractivity contribution in [3.05, 3.63) is 34.9 Å². The molecule has 2 rings (SSSR count). The summed E-state index contributed by atoms with van der Waals surface area (Å²) in [7, 11) is 0. The first kappa shape index (κ1) is 17.8. The van der Waals surface area contributed by atoms with E-state index in [2.05, 4.69) is 30.9 Å². The number of rotatable bonds is 5. The first-order chi connectivity index (χ1) is 11.0. The normalized spacial score (nSPS) is 17.1. The molecule has 1 atom stereocenters. The Kier molecular flexibility index (Phi) is 6.42. The Morgan fingerprint density at radius 1 is 1.22 bits per heavy atom. The van der Waals surface area contributed by atoms with Crippen LogP contribution in [0.4, 0.5) is 4.79 Å². The molecule has 1 N–H and O–H groups in total. The molecular weight excluding hydrogens is 292 g/mol. The maximum atomic E-state index is 11.7. The average molecular weight is 320 g/mol. The predicted molar refractivity (Wildman–Crippen MR) is 90.5 cm³/mol. The number of hydrogen-bond donors (Lipinski definition) is 1. The summed E-state index contributed by atoms with van der Waals surface area (Å²) in [5, 5.41) is 10.4. The first-order valence-electron chi connectivity index (χ1n) is 8.40. The van der Waals surface area contributed by atoms with Gasteiger partial charge in [-0.15, -0.1) is 0 Å². The Labute approximate surface area is 138 Å². The van der Waals surface area contributed by atoms with E-state index in [9.17, 15) is 9.90 Å². The molecule has 0 radical (unpaired) electrons. The van der Waals surface area contributed by atoms with Crippen LogP contribution in [0.5, 0.6) is 0 Å². The number of carbonyl (C=O) groups is 1. The monoisotopic (exact) mass is 320 g/mol. The highest BCUT2D eigenvalue weighted by atomic mass is 16.6. The third-order valence-corrected chi connectivity index (χ3v) is 4.53. The Bertz CT molecular complexity index is 525. The quantitative estimate of drug-likeness (QED) is 0.906. The molecule has 1 unspecified atom stereocenters. The van der Waals surface area contributed by atoms with Gasteiger partial charge >= 0.3 is 6.09 Å². The summed E-state index contributed by atoms with van der Waals surface area (Å²) in [5.74, 6) is 0. The minimum Gasteiger partial charge on any atom is -0.450 e. The Hall–Kier alpha value is -1.59. The van der Waals surface area contributed by atoms with Crippen LogP contribution >= 0.6 is 0 Å². The van der Waals surface area contributed by atoms with Crippen molar-refractivity contribution in [3.8, 4) is 0 Å². The molecule has 5 heteroatoms. The van der Waals surface area contributed by atoms with Crippen molar-refractivity contribution in [2.75, 3.05) is 39.3 Å². The zero-order valence-corrected chi connectivity index (χ0v) is 14.4. The fraction of sp³-hybridized carbons (Fsp3) is 0.611. The van der Waals surface area contributed by atoms with Crippen molar-refractivity contribution in [1.82, 2.24) is 9.80 Å². The second-order valence-corrected chi connectivity index (χ2v) is 6.18. The summed E-state index contributed by atoms with van der Waals surface area (Å²) < 4.78 is 5.02. The van der Waals surface area contributed by atoms with Crippen LogP contribution in [0.15, 0.2) is 18.2 Å². The van der Waals surface area contributed by atoms with Crippen LogP contribution in [-0.4, -0.2) is 60.3 Å². The number of aliphatic hydroxyl groups is 1. The summed E-state index contributed by atoms with van der Waals surface area (Å²) >= 11 is 0. The van der Waals surface area contributed by atoms with Gasteiger partial charge in [-0.25, -0.2) is 4.79 Å². The van der Waals surface area contributed by atoms with Gasteiger partial charge in [0.2, 0.25) is 0 Å². The van der Waals surface area contributed by atoms with Gasteiger partial charge in [-0.1, -0.05) is 18.2 Å². The van der Waals surface area contributed by atoms with E-state index < -0.39 is 6.10 Å². The van der Waals surface area contributed by atoms with Crippen molar-refractivity contribution >= 4 is 6.09 Å². The average Bonchev–Trinajstić information content (AvgIpc) is 2.56. The zero-order valence-electron chi connectivity index (χ0n) is 14.4. The summed E-state index contributed by atoms with van der Waals surface area (Å²) in [6.45, 7) is 10.3. The Morgan fingerprint density at radius 3 is 2.52 bits per heavy atom. The van der Waals surface area contributed by atoms with Crippen LogP contribution in [-0.2, 0) is 4.74 Å². The Balaban J connectivity index is 1.76. The number of benzene rings is 1. The number of ether oxygens (including phenoxy) is 1. The highest BCUT2D eigenvalue weighted by Gasteiger charge is 2.22. The van der Waals surface area contributed by atoms with Gasteiger partial charge in [0.05, 0.1) is 12.7 Å². The van der Waals surface area contributed by atoms with Gasteiger partial charge in [0.1, 0.15) is 0 Å². The second kappa shape index (κ2) is 8.31. The van der Waals surface area contributed by atoms with Crippen LogP contribution in [0, 0.1) is 13.8 Å². The summed E-state index contributed by atoms with van der Waals surface area (Å²) in [6, 6.07) is 6.14. The van der Waals surface area contributed by atoms with E-state index in [-0.39, 0.29) is 6.09 Å². The van der Waals surface area contributed by atoms with Gasteiger partial charge in [0, 0.05) is 32.7 Å².